The first-order valence-corrected chi connectivity index (χ1v) is 6.21. The van der Waals surface area contributed by atoms with Crippen LogP contribution >= 0.6 is 0 Å². The van der Waals surface area contributed by atoms with E-state index in [9.17, 15) is 9.59 Å². The molecule has 0 saturated heterocycles. The second-order valence-electron chi connectivity index (χ2n) is 4.35. The van der Waals surface area contributed by atoms with Crippen LogP contribution in [0.25, 0.3) is 0 Å². The van der Waals surface area contributed by atoms with Crippen LogP contribution in [-0.4, -0.2) is 66.3 Å². The van der Waals surface area contributed by atoms with Crippen molar-refractivity contribution < 1.29 is 19.4 Å². The minimum absolute atomic E-state index is 0.0318. The summed E-state index contributed by atoms with van der Waals surface area (Å²) in [6.07, 6.45) is 0.110. The van der Waals surface area contributed by atoms with Crippen molar-refractivity contribution in [2.75, 3.05) is 33.3 Å². The number of urea groups is 1. The summed E-state index contributed by atoms with van der Waals surface area (Å²) in [6.45, 7) is 7.43. The molecule has 0 spiro atoms. The molecule has 0 heterocycles. The van der Waals surface area contributed by atoms with Crippen LogP contribution in [0.15, 0.2) is 0 Å². The Labute approximate surface area is 109 Å². The second-order valence-corrected chi connectivity index (χ2v) is 4.35. The Balaban J connectivity index is 4.10. The zero-order chi connectivity index (χ0) is 14.1. The van der Waals surface area contributed by atoms with Crippen LogP contribution in [0.1, 0.15) is 27.2 Å². The maximum absolute atomic E-state index is 12.0. The molecule has 18 heavy (non-hydrogen) atoms. The van der Waals surface area contributed by atoms with Gasteiger partial charge in [-0.1, -0.05) is 0 Å². The standard InChI is InChI=1S/C12H24N2O4/c1-5-14(7-6-11(15)16)12(17)13(4)8-9-18-10(2)3/h10H,5-9H2,1-4H3,(H,15,16). The largest absolute Gasteiger partial charge is 0.481 e. The molecule has 0 aromatic heterocycles. The van der Waals surface area contributed by atoms with Gasteiger partial charge in [-0.2, -0.15) is 0 Å². The maximum atomic E-state index is 12.0. The lowest BCUT2D eigenvalue weighted by Gasteiger charge is -2.27. The molecular weight excluding hydrogens is 236 g/mol. The zero-order valence-corrected chi connectivity index (χ0v) is 11.7. The normalized spacial score (nSPS) is 10.5. The number of carbonyl (C=O) groups is 2. The van der Waals surface area contributed by atoms with Crippen molar-refractivity contribution >= 4 is 12.0 Å². The minimum Gasteiger partial charge on any atom is -0.481 e. The van der Waals surface area contributed by atoms with Crippen molar-refractivity contribution in [1.29, 1.82) is 0 Å². The van der Waals surface area contributed by atoms with Crippen LogP contribution in [0.2, 0.25) is 0 Å². The van der Waals surface area contributed by atoms with Gasteiger partial charge >= 0.3 is 12.0 Å². The van der Waals surface area contributed by atoms with Crippen molar-refractivity contribution in [3.8, 4) is 0 Å². The zero-order valence-electron chi connectivity index (χ0n) is 11.7. The van der Waals surface area contributed by atoms with Gasteiger partial charge in [-0.3, -0.25) is 4.79 Å². The summed E-state index contributed by atoms with van der Waals surface area (Å²) in [4.78, 5) is 25.5. The fourth-order valence-electron chi connectivity index (χ4n) is 1.38. The molecule has 0 radical (unpaired) electrons. The maximum Gasteiger partial charge on any atom is 0.319 e. The number of carboxylic acids is 1. The second kappa shape index (κ2) is 8.74. The van der Waals surface area contributed by atoms with E-state index in [1.807, 2.05) is 20.8 Å². The third kappa shape index (κ3) is 7.11. The predicted octanol–water partition coefficient (Wildman–Crippen LogP) is 1.26. The van der Waals surface area contributed by atoms with Gasteiger partial charge in [0, 0.05) is 26.7 Å². The lowest BCUT2D eigenvalue weighted by atomic mass is 10.4. The lowest BCUT2D eigenvalue weighted by molar-refractivity contribution is -0.137. The van der Waals surface area contributed by atoms with E-state index in [0.717, 1.165) is 0 Å². The summed E-state index contributed by atoms with van der Waals surface area (Å²) in [6, 6.07) is -0.161. The van der Waals surface area contributed by atoms with E-state index in [2.05, 4.69) is 0 Å². The number of hydrogen-bond acceptors (Lipinski definition) is 3. The molecule has 0 aromatic rings. The Bertz CT molecular complexity index is 269. The molecule has 106 valence electrons. The smallest absolute Gasteiger partial charge is 0.319 e. The number of nitrogens with zero attached hydrogens (tertiary/aromatic N) is 2. The van der Waals surface area contributed by atoms with Crippen molar-refractivity contribution in [2.45, 2.75) is 33.3 Å². The molecule has 0 bridgehead atoms. The van der Waals surface area contributed by atoms with E-state index >= 15 is 0 Å². The fourth-order valence-corrected chi connectivity index (χ4v) is 1.38. The van der Waals surface area contributed by atoms with Gasteiger partial charge in [0.1, 0.15) is 0 Å². The van der Waals surface area contributed by atoms with Gasteiger partial charge in [0.25, 0.3) is 0 Å². The Morgan fingerprint density at radius 2 is 1.89 bits per heavy atom. The Morgan fingerprint density at radius 3 is 2.33 bits per heavy atom. The molecule has 0 aliphatic carbocycles. The van der Waals surface area contributed by atoms with Gasteiger partial charge < -0.3 is 19.6 Å². The molecule has 0 aromatic carbocycles. The van der Waals surface area contributed by atoms with Gasteiger partial charge in [0.05, 0.1) is 19.1 Å². The van der Waals surface area contributed by atoms with Crippen LogP contribution < -0.4 is 0 Å². The highest BCUT2D eigenvalue weighted by atomic mass is 16.5. The third-order valence-corrected chi connectivity index (χ3v) is 2.45. The monoisotopic (exact) mass is 260 g/mol. The van der Waals surface area contributed by atoms with E-state index < -0.39 is 5.97 Å². The van der Waals surface area contributed by atoms with Gasteiger partial charge in [-0.05, 0) is 20.8 Å². The number of rotatable bonds is 8. The molecule has 6 heteroatoms. The average Bonchev–Trinajstić information content (AvgIpc) is 2.28. The number of aliphatic carboxylic acids is 1. The first-order chi connectivity index (χ1) is 8.38. The molecule has 6 nitrogen and oxygen atoms in total. The summed E-state index contributed by atoms with van der Waals surface area (Å²) in [5, 5.41) is 8.61. The molecule has 2 amide bonds. The Hall–Kier alpha value is -1.30. The highest BCUT2D eigenvalue weighted by molar-refractivity contribution is 5.75. The van der Waals surface area contributed by atoms with E-state index in [0.29, 0.717) is 19.7 Å². The van der Waals surface area contributed by atoms with Crippen LogP contribution in [0.5, 0.6) is 0 Å². The highest BCUT2D eigenvalue weighted by Gasteiger charge is 2.16. The number of ether oxygens (including phenoxy) is 1. The SMILES string of the molecule is CCN(CCC(=O)O)C(=O)N(C)CCOC(C)C. The summed E-state index contributed by atoms with van der Waals surface area (Å²) in [5.74, 6) is -0.896. The van der Waals surface area contributed by atoms with Crippen LogP contribution in [0.3, 0.4) is 0 Å². The number of amides is 2. The van der Waals surface area contributed by atoms with Crippen LogP contribution in [0, 0.1) is 0 Å². The van der Waals surface area contributed by atoms with Crippen molar-refractivity contribution in [1.82, 2.24) is 9.80 Å². The highest BCUT2D eigenvalue weighted by Crippen LogP contribution is 1.99. The summed E-state index contributed by atoms with van der Waals surface area (Å²) >= 11 is 0. The molecule has 0 unspecified atom stereocenters. The lowest BCUT2D eigenvalue weighted by Crippen LogP contribution is -2.43. The first kappa shape index (κ1) is 16.7. The van der Waals surface area contributed by atoms with Gasteiger partial charge in [-0.15, -0.1) is 0 Å². The number of carbonyl (C=O) groups excluding carboxylic acids is 1. The quantitative estimate of drug-likeness (QED) is 0.713. The van der Waals surface area contributed by atoms with Crippen molar-refractivity contribution in [3.05, 3.63) is 0 Å². The average molecular weight is 260 g/mol. The van der Waals surface area contributed by atoms with E-state index in [1.165, 1.54) is 4.90 Å². The molecule has 0 aliphatic rings. The number of likely N-dealkylation sites (N-methyl/N-ethyl adjacent to an activating group) is 1. The summed E-state index contributed by atoms with van der Waals surface area (Å²) in [5.41, 5.74) is 0. The van der Waals surface area contributed by atoms with Crippen molar-refractivity contribution in [2.24, 2.45) is 0 Å². The molecule has 0 aliphatic heterocycles. The molecule has 0 atom stereocenters. The van der Waals surface area contributed by atoms with Crippen LogP contribution in [0.4, 0.5) is 4.79 Å². The Kier molecular flexibility index (Phi) is 8.11. The van der Waals surface area contributed by atoms with Crippen molar-refractivity contribution in [3.63, 3.8) is 0 Å². The molecule has 1 N–H and O–H groups in total. The van der Waals surface area contributed by atoms with Gasteiger partial charge in [-0.25, -0.2) is 4.79 Å². The number of carboxylic acid groups (broad SMARTS) is 1. The minimum atomic E-state index is -0.896. The first-order valence-electron chi connectivity index (χ1n) is 6.21. The van der Waals surface area contributed by atoms with E-state index in [4.69, 9.17) is 9.84 Å². The molecule has 0 saturated carbocycles. The topological polar surface area (TPSA) is 70.1 Å². The predicted molar refractivity (Wildman–Crippen MR) is 68.6 cm³/mol. The summed E-state index contributed by atoms with van der Waals surface area (Å²) in [7, 11) is 1.69. The fraction of sp³-hybridized carbons (Fsp3) is 0.833. The Morgan fingerprint density at radius 1 is 1.28 bits per heavy atom. The number of hydrogen-bond donors (Lipinski definition) is 1. The third-order valence-electron chi connectivity index (χ3n) is 2.45. The summed E-state index contributed by atoms with van der Waals surface area (Å²) < 4.78 is 5.37. The van der Waals surface area contributed by atoms with Crippen LogP contribution in [-0.2, 0) is 9.53 Å². The molecular formula is C12H24N2O4. The van der Waals surface area contributed by atoms with Gasteiger partial charge in [0.15, 0.2) is 0 Å². The molecule has 0 fully saturated rings. The van der Waals surface area contributed by atoms with Gasteiger partial charge in [0.2, 0.25) is 0 Å². The molecule has 0 rings (SSSR count). The van der Waals surface area contributed by atoms with E-state index in [-0.39, 0.29) is 25.1 Å². The van der Waals surface area contributed by atoms with E-state index in [1.54, 1.807) is 11.9 Å².